The number of nitrogens with one attached hydrogen (secondary N) is 2. The molecule has 2 N–H and O–H groups in total. The van der Waals surface area contributed by atoms with Crippen LogP contribution in [0.25, 0.3) is 11.1 Å². The van der Waals surface area contributed by atoms with E-state index >= 15 is 0 Å². The van der Waals surface area contributed by atoms with Gasteiger partial charge in [-0.3, -0.25) is 43.7 Å². The monoisotopic (exact) mass is 1070 g/mol. The highest BCUT2D eigenvalue weighted by molar-refractivity contribution is 6.13. The maximum atomic E-state index is 14.2. The minimum absolute atomic E-state index is 0.180. The molecule has 79 heavy (non-hydrogen) atoms. The number of fused-ring (bicyclic) bond motifs is 4. The highest BCUT2D eigenvalue weighted by Crippen LogP contribution is 2.42. The number of carbonyl (C=O) groups excluding carboxylic acids is 6. The van der Waals surface area contributed by atoms with Crippen LogP contribution in [-0.2, 0) is 19.2 Å². The van der Waals surface area contributed by atoms with E-state index in [-0.39, 0.29) is 67.2 Å². The Kier molecular flexibility index (Phi) is 17.6. The Hall–Kier alpha value is -8.58. The van der Waals surface area contributed by atoms with Crippen molar-refractivity contribution in [2.75, 3.05) is 67.0 Å². The minimum Gasteiger partial charge on any atom is -0.497 e. The molecule has 6 amide bonds. The van der Waals surface area contributed by atoms with Gasteiger partial charge < -0.3 is 49.0 Å². The Labute approximate surface area is 459 Å². The number of hydrogen-bond acceptors (Lipinski definition) is 14. The molecule has 0 unspecified atom stereocenters. The van der Waals surface area contributed by atoms with Gasteiger partial charge in [0.2, 0.25) is 11.8 Å². The average Bonchev–Trinajstić information content (AvgIpc) is 4.36. The number of nitrogens with zero attached hydrogens (tertiary/aromatic N) is 6. The van der Waals surface area contributed by atoms with Crippen LogP contribution in [0.2, 0.25) is 0 Å². The van der Waals surface area contributed by atoms with Crippen LogP contribution in [0, 0.1) is 0 Å². The number of aliphatic imine (C=N–C) groups is 2. The van der Waals surface area contributed by atoms with E-state index in [2.05, 4.69) is 15.5 Å². The molecule has 3 atom stereocenters. The molecule has 9 rings (SSSR count). The van der Waals surface area contributed by atoms with Crippen LogP contribution in [0.5, 0.6) is 28.7 Å². The van der Waals surface area contributed by atoms with Crippen molar-refractivity contribution >= 4 is 76.1 Å². The van der Waals surface area contributed by atoms with Gasteiger partial charge in [0.1, 0.15) is 11.8 Å². The van der Waals surface area contributed by atoms with Crippen molar-refractivity contribution in [3.05, 3.63) is 120 Å². The van der Waals surface area contributed by atoms with E-state index in [4.69, 9.17) is 33.7 Å². The predicted octanol–water partition coefficient (Wildman–Crippen LogP) is 8.14. The first-order valence-corrected chi connectivity index (χ1v) is 26.7. The fourth-order valence-electron chi connectivity index (χ4n) is 10.1. The quantitative estimate of drug-likeness (QED) is 0.0476. The zero-order valence-electron chi connectivity index (χ0n) is 45.2. The van der Waals surface area contributed by atoms with Crippen molar-refractivity contribution in [2.45, 2.75) is 82.3 Å². The van der Waals surface area contributed by atoms with E-state index in [9.17, 15) is 28.8 Å². The van der Waals surface area contributed by atoms with E-state index in [1.54, 1.807) is 53.6 Å². The van der Waals surface area contributed by atoms with E-state index in [1.165, 1.54) is 31.3 Å². The van der Waals surface area contributed by atoms with Crippen molar-refractivity contribution in [1.29, 1.82) is 0 Å². The zero-order valence-corrected chi connectivity index (χ0v) is 45.2. The predicted molar refractivity (Wildman–Crippen MR) is 300 cm³/mol. The Bertz CT molecular complexity index is 3110. The summed E-state index contributed by atoms with van der Waals surface area (Å²) in [6, 6.07) is 20.6. The maximum Gasteiger partial charge on any atom is 0.260 e. The van der Waals surface area contributed by atoms with Gasteiger partial charge in [0.15, 0.2) is 23.0 Å². The lowest BCUT2D eigenvalue weighted by Crippen LogP contribution is -2.43. The Balaban J connectivity index is 0.767. The van der Waals surface area contributed by atoms with Crippen LogP contribution < -0.4 is 34.3 Å². The summed E-state index contributed by atoms with van der Waals surface area (Å²) < 4.78 is 29.0. The summed E-state index contributed by atoms with van der Waals surface area (Å²) in [6.07, 6.45) is 15.5. The van der Waals surface area contributed by atoms with Gasteiger partial charge in [-0.2, -0.15) is 0 Å². The fourth-order valence-corrected chi connectivity index (χ4v) is 10.1. The molecule has 5 heterocycles. The number of anilines is 1. The third-order valence-corrected chi connectivity index (χ3v) is 14.4. The van der Waals surface area contributed by atoms with Gasteiger partial charge >= 0.3 is 0 Å². The number of hydrogen-bond donors (Lipinski definition) is 2. The van der Waals surface area contributed by atoms with Crippen LogP contribution >= 0.6 is 0 Å². The van der Waals surface area contributed by atoms with Crippen LogP contribution in [0.15, 0.2) is 107 Å². The Morgan fingerprint density at radius 3 is 1.71 bits per heavy atom. The van der Waals surface area contributed by atoms with Crippen LogP contribution in [0.1, 0.15) is 96.1 Å². The molecule has 5 aliphatic rings. The van der Waals surface area contributed by atoms with Crippen LogP contribution in [0.3, 0.4) is 0 Å². The maximum absolute atomic E-state index is 14.2. The summed E-state index contributed by atoms with van der Waals surface area (Å²) in [4.78, 5) is 94.5. The van der Waals surface area contributed by atoms with E-state index in [0.717, 1.165) is 47.4 Å². The number of ether oxygens (including phenoxy) is 5. The topological polar surface area (TPSA) is 210 Å². The van der Waals surface area contributed by atoms with Gasteiger partial charge in [-0.25, -0.2) is 0 Å². The lowest BCUT2D eigenvalue weighted by Gasteiger charge is -2.19. The molecule has 19 nitrogen and oxygen atoms in total. The highest BCUT2D eigenvalue weighted by atomic mass is 16.5. The smallest absolute Gasteiger partial charge is 0.260 e. The standard InChI is InChI=1S/C60H66N8O11/c1-65(2)24-10-8-12-48(64-55(69)13-7-6-9-25-66-56(70)22-23-57(66)71)58(72)63-42-18-14-38(15-19-42)40-28-43-34-61-49-32-53(51(76-4)30-46(49)59(73)67(43)36-40)78-26-11-27-79-54-33-50-47(31-52(54)77-5)60(74)68-37-41(29-44(68)35-62-50)39-16-20-45(75-3)21-17-39/h14-23,30-37,43-44,48H,6-13,24-29H2,1-5H3,(H,63,72)(H,64,69)/t43-,44-,48-/m0/s1. The summed E-state index contributed by atoms with van der Waals surface area (Å²) in [7, 11) is 8.65. The molecule has 19 heteroatoms. The molecule has 0 bridgehead atoms. The van der Waals surface area contributed by atoms with Crippen LogP contribution in [0.4, 0.5) is 17.1 Å². The first kappa shape index (κ1) is 55.2. The number of imide groups is 1. The van der Waals surface area contributed by atoms with Crippen molar-refractivity contribution < 1.29 is 52.5 Å². The molecule has 412 valence electrons. The molecule has 0 saturated heterocycles. The summed E-state index contributed by atoms with van der Waals surface area (Å²) in [5.41, 5.74) is 6.13. The van der Waals surface area contributed by atoms with Crippen molar-refractivity contribution in [3.63, 3.8) is 0 Å². The molecule has 0 saturated carbocycles. The third-order valence-electron chi connectivity index (χ3n) is 14.4. The number of benzene rings is 4. The van der Waals surface area contributed by atoms with Gasteiger partial charge in [0.25, 0.3) is 23.6 Å². The first-order chi connectivity index (χ1) is 38.3. The number of methoxy groups -OCH3 is 3. The molecule has 4 aromatic carbocycles. The minimum atomic E-state index is -0.736. The average molecular weight is 1080 g/mol. The SMILES string of the molecule is COc1ccc(C2=CN3C(=O)c4cc(OC)c(OCCCOc5cc6c(cc5OC)C(=O)N5C=C(c7ccc(NC(=O)[C@H](CCCCN(C)C)NC(=O)CCCCCN8C(=O)C=CC8=O)cc7)C[C@H]5C=N6)cc4N=C[C@@H]3C2)cc1. The highest BCUT2D eigenvalue weighted by Gasteiger charge is 2.35. The summed E-state index contributed by atoms with van der Waals surface area (Å²) in [6.45, 7) is 1.68. The van der Waals surface area contributed by atoms with Gasteiger partial charge in [-0.15, -0.1) is 0 Å². The Morgan fingerprint density at radius 1 is 0.646 bits per heavy atom. The summed E-state index contributed by atoms with van der Waals surface area (Å²) in [5.74, 6) is 0.806. The Morgan fingerprint density at radius 2 is 1.19 bits per heavy atom. The van der Waals surface area contributed by atoms with Crippen molar-refractivity contribution in [3.8, 4) is 28.7 Å². The molecule has 0 aromatic heterocycles. The van der Waals surface area contributed by atoms with Gasteiger partial charge in [0.05, 0.1) is 69.1 Å². The molecule has 0 aliphatic carbocycles. The number of unbranched alkanes of at least 4 members (excludes halogenated alkanes) is 3. The largest absolute Gasteiger partial charge is 0.497 e. The van der Waals surface area contributed by atoms with Gasteiger partial charge in [0, 0.05) is 87.0 Å². The molecule has 0 fully saturated rings. The normalized spacial score (nSPS) is 17.4. The first-order valence-electron chi connectivity index (χ1n) is 26.7. The van der Waals surface area contributed by atoms with E-state index in [0.29, 0.717) is 103 Å². The van der Waals surface area contributed by atoms with Crippen molar-refractivity contribution in [2.24, 2.45) is 9.98 Å². The lowest BCUT2D eigenvalue weighted by atomic mass is 10.0. The molecule has 5 aliphatic heterocycles. The number of carbonyl (C=O) groups is 6. The van der Waals surface area contributed by atoms with E-state index in [1.807, 2.05) is 75.0 Å². The second kappa shape index (κ2) is 25.3. The van der Waals surface area contributed by atoms with Crippen LogP contribution in [-0.4, -0.2) is 147 Å². The molecular weight excluding hydrogens is 1010 g/mol. The van der Waals surface area contributed by atoms with Gasteiger partial charge in [-0.1, -0.05) is 30.7 Å². The van der Waals surface area contributed by atoms with E-state index < -0.39 is 6.04 Å². The molecule has 0 radical (unpaired) electrons. The summed E-state index contributed by atoms with van der Waals surface area (Å²) >= 11 is 0. The molecule has 4 aromatic rings. The number of amides is 6. The molecule has 0 spiro atoms. The fraction of sp³-hybridized carbons (Fsp3) is 0.367. The number of rotatable bonds is 25. The lowest BCUT2D eigenvalue weighted by molar-refractivity contribution is -0.137. The summed E-state index contributed by atoms with van der Waals surface area (Å²) in [5, 5.41) is 5.91. The molecular formula is C60H66N8O11. The second-order valence-electron chi connectivity index (χ2n) is 20.1. The zero-order chi connectivity index (χ0) is 55.6. The van der Waals surface area contributed by atoms with Crippen molar-refractivity contribution in [1.82, 2.24) is 24.9 Å². The van der Waals surface area contributed by atoms with Gasteiger partial charge in [-0.05, 0) is 111 Å². The second-order valence-corrected chi connectivity index (χ2v) is 20.1. The third kappa shape index (κ3) is 13.1.